The van der Waals surface area contributed by atoms with Gasteiger partial charge in [-0.2, -0.15) is 0 Å². The lowest BCUT2D eigenvalue weighted by Crippen LogP contribution is -2.37. The predicted octanol–water partition coefficient (Wildman–Crippen LogP) is -0.128. The first-order chi connectivity index (χ1) is 9.95. The molecule has 4 N–H and O–H groups in total. The van der Waals surface area contributed by atoms with Crippen molar-refractivity contribution in [1.29, 1.82) is 0 Å². The second kappa shape index (κ2) is 8.01. The summed E-state index contributed by atoms with van der Waals surface area (Å²) in [7, 11) is 0. The molecule has 0 aliphatic carbocycles. The molecular weight excluding hydrogens is 274 g/mol. The van der Waals surface area contributed by atoms with Crippen LogP contribution in [0, 0.1) is 0 Å². The van der Waals surface area contributed by atoms with Crippen molar-refractivity contribution < 1.29 is 19.5 Å². The molecule has 0 aliphatic rings. The van der Waals surface area contributed by atoms with Gasteiger partial charge in [-0.05, 0) is 26.0 Å². The monoisotopic (exact) mass is 293 g/mol. The molecule has 0 bridgehead atoms. The third-order valence-corrected chi connectivity index (χ3v) is 2.44. The molecule has 1 aromatic rings. The minimum absolute atomic E-state index is 0.0122. The van der Waals surface area contributed by atoms with Crippen LogP contribution in [0.5, 0.6) is 0 Å². The van der Waals surface area contributed by atoms with Crippen LogP contribution in [0.1, 0.15) is 24.2 Å². The number of amides is 3. The Morgan fingerprint density at radius 3 is 2.43 bits per heavy atom. The van der Waals surface area contributed by atoms with Gasteiger partial charge in [-0.25, -0.2) is 0 Å². The average Bonchev–Trinajstić information content (AvgIpc) is 2.44. The van der Waals surface area contributed by atoms with Crippen molar-refractivity contribution in [2.45, 2.75) is 19.9 Å². The van der Waals surface area contributed by atoms with Crippen LogP contribution in [0.3, 0.4) is 0 Å². The average molecular weight is 293 g/mol. The van der Waals surface area contributed by atoms with E-state index in [1.54, 1.807) is 18.2 Å². The summed E-state index contributed by atoms with van der Waals surface area (Å²) in [6.07, 6.45) is 0. The van der Waals surface area contributed by atoms with Gasteiger partial charge < -0.3 is 21.1 Å². The standard InChI is InChI=1S/C14H19N3O4/c1-9(2)16-12(19)10-5-3-4-6-11(10)17-14(21)13(20)15-7-8-18/h3-6,9,18H,7-8H2,1-2H3,(H,15,20)(H,16,19)(H,17,21). The van der Waals surface area contributed by atoms with Crippen molar-refractivity contribution in [2.75, 3.05) is 18.5 Å². The van der Waals surface area contributed by atoms with E-state index in [1.165, 1.54) is 6.07 Å². The maximum absolute atomic E-state index is 12.0. The summed E-state index contributed by atoms with van der Waals surface area (Å²) in [5.74, 6) is -2.10. The number of carbonyl (C=O) groups is 3. The van der Waals surface area contributed by atoms with Crippen LogP contribution >= 0.6 is 0 Å². The van der Waals surface area contributed by atoms with E-state index in [2.05, 4.69) is 16.0 Å². The summed E-state index contributed by atoms with van der Waals surface area (Å²) in [6, 6.07) is 6.35. The summed E-state index contributed by atoms with van der Waals surface area (Å²) < 4.78 is 0. The Balaban J connectivity index is 2.82. The van der Waals surface area contributed by atoms with Crippen molar-refractivity contribution >= 4 is 23.4 Å². The number of benzene rings is 1. The Morgan fingerprint density at radius 1 is 1.14 bits per heavy atom. The van der Waals surface area contributed by atoms with Gasteiger partial charge >= 0.3 is 11.8 Å². The van der Waals surface area contributed by atoms with E-state index in [0.717, 1.165) is 0 Å². The first-order valence-electron chi connectivity index (χ1n) is 6.55. The van der Waals surface area contributed by atoms with Crippen molar-refractivity contribution in [1.82, 2.24) is 10.6 Å². The lowest BCUT2D eigenvalue weighted by molar-refractivity contribution is -0.136. The second-order valence-corrected chi connectivity index (χ2v) is 4.61. The minimum Gasteiger partial charge on any atom is -0.395 e. The van der Waals surface area contributed by atoms with E-state index in [-0.39, 0.29) is 36.4 Å². The second-order valence-electron chi connectivity index (χ2n) is 4.61. The molecular formula is C14H19N3O4. The van der Waals surface area contributed by atoms with Crippen molar-refractivity contribution in [3.63, 3.8) is 0 Å². The Morgan fingerprint density at radius 2 is 1.81 bits per heavy atom. The van der Waals surface area contributed by atoms with Crippen molar-refractivity contribution in [3.8, 4) is 0 Å². The molecule has 1 aromatic carbocycles. The smallest absolute Gasteiger partial charge is 0.313 e. The molecule has 0 aliphatic heterocycles. The van der Waals surface area contributed by atoms with E-state index in [0.29, 0.717) is 0 Å². The van der Waals surface area contributed by atoms with Gasteiger partial charge in [-0.3, -0.25) is 14.4 Å². The fraction of sp³-hybridized carbons (Fsp3) is 0.357. The molecule has 21 heavy (non-hydrogen) atoms. The van der Waals surface area contributed by atoms with E-state index in [4.69, 9.17) is 5.11 Å². The number of para-hydroxylation sites is 1. The van der Waals surface area contributed by atoms with Crippen LogP contribution < -0.4 is 16.0 Å². The highest BCUT2D eigenvalue weighted by Gasteiger charge is 2.17. The maximum Gasteiger partial charge on any atom is 0.313 e. The van der Waals surface area contributed by atoms with Crippen LogP contribution in [0.25, 0.3) is 0 Å². The number of nitrogens with one attached hydrogen (secondary N) is 3. The fourth-order valence-corrected chi connectivity index (χ4v) is 1.56. The number of aliphatic hydroxyl groups is 1. The van der Waals surface area contributed by atoms with Gasteiger partial charge in [0.1, 0.15) is 0 Å². The molecule has 1 rings (SSSR count). The number of aliphatic hydroxyl groups excluding tert-OH is 1. The van der Waals surface area contributed by atoms with Gasteiger partial charge in [0.25, 0.3) is 5.91 Å². The predicted molar refractivity (Wildman–Crippen MR) is 77.8 cm³/mol. The fourth-order valence-electron chi connectivity index (χ4n) is 1.56. The van der Waals surface area contributed by atoms with Gasteiger partial charge in [-0.15, -0.1) is 0 Å². The van der Waals surface area contributed by atoms with E-state index in [1.807, 2.05) is 13.8 Å². The highest BCUT2D eigenvalue weighted by atomic mass is 16.3. The van der Waals surface area contributed by atoms with Gasteiger partial charge in [0.2, 0.25) is 0 Å². The van der Waals surface area contributed by atoms with Crippen molar-refractivity contribution in [3.05, 3.63) is 29.8 Å². The molecule has 0 heterocycles. The Labute approximate surface area is 122 Å². The van der Waals surface area contributed by atoms with Gasteiger partial charge in [0.15, 0.2) is 0 Å². The van der Waals surface area contributed by atoms with E-state index >= 15 is 0 Å². The molecule has 0 spiro atoms. The Hall–Kier alpha value is -2.41. The summed E-state index contributed by atoms with van der Waals surface area (Å²) in [6.45, 7) is 3.37. The highest BCUT2D eigenvalue weighted by molar-refractivity contribution is 6.40. The maximum atomic E-state index is 12.0. The molecule has 0 fully saturated rings. The molecule has 3 amide bonds. The molecule has 0 radical (unpaired) electrons. The first kappa shape index (κ1) is 16.6. The van der Waals surface area contributed by atoms with Crippen LogP contribution in [-0.2, 0) is 9.59 Å². The zero-order chi connectivity index (χ0) is 15.8. The number of hydrogen-bond acceptors (Lipinski definition) is 4. The summed E-state index contributed by atoms with van der Waals surface area (Å²) in [4.78, 5) is 35.1. The van der Waals surface area contributed by atoms with Gasteiger partial charge in [0.05, 0.1) is 17.9 Å². The molecule has 7 heteroatoms. The van der Waals surface area contributed by atoms with Crippen LogP contribution in [0.2, 0.25) is 0 Å². The van der Waals surface area contributed by atoms with Gasteiger partial charge in [0, 0.05) is 12.6 Å². The van der Waals surface area contributed by atoms with Crippen LogP contribution in [-0.4, -0.2) is 42.0 Å². The molecule has 0 atom stereocenters. The molecule has 114 valence electrons. The van der Waals surface area contributed by atoms with Crippen LogP contribution in [0.4, 0.5) is 5.69 Å². The summed E-state index contributed by atoms with van der Waals surface area (Å²) >= 11 is 0. The van der Waals surface area contributed by atoms with Gasteiger partial charge in [-0.1, -0.05) is 12.1 Å². The largest absolute Gasteiger partial charge is 0.395 e. The quantitative estimate of drug-likeness (QED) is 0.567. The molecule has 7 nitrogen and oxygen atoms in total. The lowest BCUT2D eigenvalue weighted by Gasteiger charge is -2.13. The summed E-state index contributed by atoms with van der Waals surface area (Å²) in [5, 5.41) is 15.9. The zero-order valence-corrected chi connectivity index (χ0v) is 12.0. The Kier molecular flexibility index (Phi) is 6.35. The first-order valence-corrected chi connectivity index (χ1v) is 6.55. The SMILES string of the molecule is CC(C)NC(=O)c1ccccc1NC(=O)C(=O)NCCO. The van der Waals surface area contributed by atoms with E-state index < -0.39 is 11.8 Å². The molecule has 0 saturated heterocycles. The lowest BCUT2D eigenvalue weighted by atomic mass is 10.1. The third kappa shape index (κ3) is 5.23. The number of rotatable bonds is 5. The number of anilines is 1. The topological polar surface area (TPSA) is 108 Å². The Bertz CT molecular complexity index is 529. The minimum atomic E-state index is -0.895. The van der Waals surface area contributed by atoms with Crippen LogP contribution in [0.15, 0.2) is 24.3 Å². The van der Waals surface area contributed by atoms with E-state index in [9.17, 15) is 14.4 Å². The normalized spacial score (nSPS) is 10.1. The number of carbonyl (C=O) groups excluding carboxylic acids is 3. The highest BCUT2D eigenvalue weighted by Crippen LogP contribution is 2.15. The molecule has 0 saturated carbocycles. The number of hydrogen-bond donors (Lipinski definition) is 4. The zero-order valence-electron chi connectivity index (χ0n) is 12.0. The molecule has 0 unspecified atom stereocenters. The molecule has 0 aromatic heterocycles. The summed E-state index contributed by atoms with van der Waals surface area (Å²) in [5.41, 5.74) is 0.523. The van der Waals surface area contributed by atoms with Crippen molar-refractivity contribution in [2.24, 2.45) is 0 Å². The third-order valence-electron chi connectivity index (χ3n) is 2.44.